The molecule has 0 saturated heterocycles. The van der Waals surface area contributed by atoms with Crippen molar-refractivity contribution in [3.63, 3.8) is 0 Å². The molecule has 0 aliphatic rings. The van der Waals surface area contributed by atoms with Crippen LogP contribution in [0.15, 0.2) is 24.7 Å². The van der Waals surface area contributed by atoms with Crippen LogP contribution in [0.3, 0.4) is 0 Å². The highest BCUT2D eigenvalue weighted by Gasteiger charge is 2.16. The Kier molecular flexibility index (Phi) is 1.42. The Morgan fingerprint density at radius 2 is 2.31 bits per heavy atom. The molecule has 0 atom stereocenters. The lowest BCUT2D eigenvalue weighted by Gasteiger charge is -1.97. The smallest absolute Gasteiger partial charge is 0.316 e. The molecular weight excluding hydrogens is 174 g/mol. The van der Waals surface area contributed by atoms with Crippen LogP contribution < -0.4 is 0 Å². The van der Waals surface area contributed by atoms with E-state index in [2.05, 4.69) is 4.98 Å². The zero-order valence-electron chi connectivity index (χ0n) is 6.41. The van der Waals surface area contributed by atoms with Gasteiger partial charge in [0, 0.05) is 24.7 Å². The number of hydrogen-bond donors (Lipinski definition) is 1. The number of aromatic hydroxyl groups is 1. The third-order valence-corrected chi connectivity index (χ3v) is 1.71. The van der Waals surface area contributed by atoms with E-state index in [1.165, 1.54) is 22.9 Å². The van der Waals surface area contributed by atoms with E-state index in [4.69, 9.17) is 0 Å². The minimum Gasteiger partial charge on any atom is -0.500 e. The molecule has 6 nitrogen and oxygen atoms in total. The van der Waals surface area contributed by atoms with Crippen LogP contribution in [0.2, 0.25) is 0 Å². The molecule has 0 aliphatic carbocycles. The molecule has 0 bridgehead atoms. The molecule has 2 aromatic heterocycles. The van der Waals surface area contributed by atoms with Gasteiger partial charge in [0.2, 0.25) is 5.75 Å². The van der Waals surface area contributed by atoms with E-state index >= 15 is 0 Å². The second-order valence-corrected chi connectivity index (χ2v) is 2.46. The van der Waals surface area contributed by atoms with E-state index in [0.717, 1.165) is 0 Å². The summed E-state index contributed by atoms with van der Waals surface area (Å²) < 4.78 is 1.50. The lowest BCUT2D eigenvalue weighted by molar-refractivity contribution is -0.385. The molecule has 2 rings (SSSR count). The average Bonchev–Trinajstić information content (AvgIpc) is 2.52. The van der Waals surface area contributed by atoms with Crippen LogP contribution >= 0.6 is 0 Å². The van der Waals surface area contributed by atoms with Crippen molar-refractivity contribution in [2.24, 2.45) is 0 Å². The van der Waals surface area contributed by atoms with E-state index in [1.807, 2.05) is 0 Å². The molecule has 6 heteroatoms. The summed E-state index contributed by atoms with van der Waals surface area (Å²) in [4.78, 5) is 13.5. The number of hydrogen-bond acceptors (Lipinski definition) is 4. The third kappa shape index (κ3) is 0.994. The number of aromatic nitrogens is 2. The highest BCUT2D eigenvalue weighted by Crippen LogP contribution is 2.28. The second kappa shape index (κ2) is 2.44. The fourth-order valence-electron chi connectivity index (χ4n) is 1.11. The molecular formula is C7H5N3O3. The number of fused-ring (bicyclic) bond motifs is 1. The molecule has 0 aliphatic heterocycles. The lowest BCUT2D eigenvalue weighted by atomic mass is 10.4. The van der Waals surface area contributed by atoms with Crippen LogP contribution in [-0.2, 0) is 0 Å². The zero-order valence-corrected chi connectivity index (χ0v) is 6.41. The number of imidazole rings is 1. The normalized spacial score (nSPS) is 10.5. The minimum absolute atomic E-state index is 0.189. The van der Waals surface area contributed by atoms with Gasteiger partial charge in [0.15, 0.2) is 5.65 Å². The van der Waals surface area contributed by atoms with E-state index in [0.29, 0.717) is 0 Å². The quantitative estimate of drug-likeness (QED) is 0.522. The predicted molar refractivity (Wildman–Crippen MR) is 43.5 cm³/mol. The van der Waals surface area contributed by atoms with Crippen molar-refractivity contribution in [1.29, 1.82) is 0 Å². The molecule has 0 radical (unpaired) electrons. The van der Waals surface area contributed by atoms with Crippen LogP contribution in [0.1, 0.15) is 0 Å². The van der Waals surface area contributed by atoms with Gasteiger partial charge in [-0.1, -0.05) is 0 Å². The fourth-order valence-corrected chi connectivity index (χ4v) is 1.11. The maximum Gasteiger partial charge on any atom is 0.316 e. The minimum atomic E-state index is -0.649. The molecule has 66 valence electrons. The summed E-state index contributed by atoms with van der Waals surface area (Å²) in [5.41, 5.74) is -0.145. The van der Waals surface area contributed by atoms with Gasteiger partial charge in [-0.25, -0.2) is 4.98 Å². The van der Waals surface area contributed by atoms with Gasteiger partial charge in [-0.3, -0.25) is 10.1 Å². The van der Waals surface area contributed by atoms with Crippen LogP contribution in [0.5, 0.6) is 5.75 Å². The molecule has 0 spiro atoms. The lowest BCUT2D eigenvalue weighted by Crippen LogP contribution is -1.91. The van der Waals surface area contributed by atoms with E-state index in [1.54, 1.807) is 6.20 Å². The van der Waals surface area contributed by atoms with E-state index < -0.39 is 10.7 Å². The number of pyridine rings is 1. The Morgan fingerprint density at radius 1 is 1.54 bits per heavy atom. The van der Waals surface area contributed by atoms with Gasteiger partial charge in [-0.2, -0.15) is 0 Å². The molecule has 2 heterocycles. The molecule has 0 unspecified atom stereocenters. The first-order valence-electron chi connectivity index (χ1n) is 3.49. The van der Waals surface area contributed by atoms with Crippen LogP contribution in [0, 0.1) is 10.1 Å². The van der Waals surface area contributed by atoms with Gasteiger partial charge in [0.1, 0.15) is 0 Å². The standard InChI is InChI=1S/C7H5N3O3/c11-6-5(10(12)13)1-3-9-4-2-8-7(6)9/h1-4,11H. The predicted octanol–water partition coefficient (Wildman–Crippen LogP) is 0.948. The second-order valence-electron chi connectivity index (χ2n) is 2.46. The Bertz CT molecular complexity index is 477. The average molecular weight is 179 g/mol. The Morgan fingerprint density at radius 3 is 3.00 bits per heavy atom. The summed E-state index contributed by atoms with van der Waals surface area (Å²) in [6.45, 7) is 0. The van der Waals surface area contributed by atoms with Gasteiger partial charge in [-0.15, -0.1) is 0 Å². The van der Waals surface area contributed by atoms with Crippen molar-refractivity contribution in [2.75, 3.05) is 0 Å². The molecule has 13 heavy (non-hydrogen) atoms. The SMILES string of the molecule is O=[N+]([O-])c1ccn2ccnc2c1O. The molecule has 1 N–H and O–H groups in total. The fraction of sp³-hybridized carbons (Fsp3) is 0. The van der Waals surface area contributed by atoms with Gasteiger partial charge in [0.05, 0.1) is 4.92 Å². The van der Waals surface area contributed by atoms with Crippen LogP contribution in [-0.4, -0.2) is 19.4 Å². The van der Waals surface area contributed by atoms with Gasteiger partial charge >= 0.3 is 5.69 Å². The number of rotatable bonds is 1. The maximum absolute atomic E-state index is 10.4. The van der Waals surface area contributed by atoms with E-state index in [-0.39, 0.29) is 11.3 Å². The van der Waals surface area contributed by atoms with Crippen molar-refractivity contribution in [3.05, 3.63) is 34.8 Å². The highest BCUT2D eigenvalue weighted by atomic mass is 16.6. The summed E-state index contributed by atoms with van der Waals surface area (Å²) in [5.74, 6) is -0.405. The van der Waals surface area contributed by atoms with E-state index in [9.17, 15) is 15.2 Å². The summed E-state index contributed by atoms with van der Waals surface area (Å²) in [7, 11) is 0. The third-order valence-electron chi connectivity index (χ3n) is 1.71. The topological polar surface area (TPSA) is 80.7 Å². The molecule has 0 aromatic carbocycles. The van der Waals surface area contributed by atoms with Crippen molar-refractivity contribution in [1.82, 2.24) is 9.38 Å². The summed E-state index contributed by atoms with van der Waals surface area (Å²) >= 11 is 0. The molecule has 2 aromatic rings. The summed E-state index contributed by atoms with van der Waals surface area (Å²) in [6.07, 6.45) is 4.53. The maximum atomic E-state index is 10.4. The monoisotopic (exact) mass is 179 g/mol. The Balaban J connectivity index is 2.80. The largest absolute Gasteiger partial charge is 0.500 e. The van der Waals surface area contributed by atoms with Gasteiger partial charge < -0.3 is 9.51 Å². The first-order valence-corrected chi connectivity index (χ1v) is 3.49. The first kappa shape index (κ1) is 7.53. The van der Waals surface area contributed by atoms with Crippen molar-refractivity contribution >= 4 is 11.3 Å². The summed E-state index contributed by atoms with van der Waals surface area (Å²) in [6, 6.07) is 1.23. The molecule has 0 fully saturated rings. The Labute approximate surface area is 72.2 Å². The van der Waals surface area contributed by atoms with Crippen molar-refractivity contribution in [3.8, 4) is 5.75 Å². The summed E-state index contributed by atoms with van der Waals surface area (Å²) in [5, 5.41) is 19.8. The van der Waals surface area contributed by atoms with Crippen LogP contribution in [0.4, 0.5) is 5.69 Å². The molecule has 0 saturated carbocycles. The zero-order chi connectivity index (χ0) is 9.42. The van der Waals surface area contributed by atoms with Crippen molar-refractivity contribution in [2.45, 2.75) is 0 Å². The van der Waals surface area contributed by atoms with Crippen LogP contribution in [0.25, 0.3) is 5.65 Å². The number of nitrogens with zero attached hydrogens (tertiary/aromatic N) is 3. The van der Waals surface area contributed by atoms with Gasteiger partial charge in [-0.05, 0) is 0 Å². The highest BCUT2D eigenvalue weighted by molar-refractivity contribution is 5.63. The number of nitro groups is 1. The first-order chi connectivity index (χ1) is 6.20. The Hall–Kier alpha value is -2.11. The molecule has 0 amide bonds. The van der Waals surface area contributed by atoms with Gasteiger partial charge in [0.25, 0.3) is 0 Å². The van der Waals surface area contributed by atoms with Crippen molar-refractivity contribution < 1.29 is 10.0 Å².